The summed E-state index contributed by atoms with van der Waals surface area (Å²) in [7, 11) is -4.22. The quantitative estimate of drug-likeness (QED) is 0.744. The van der Waals surface area contributed by atoms with E-state index in [0.717, 1.165) is 18.2 Å². The molecule has 2 aliphatic carbocycles. The maximum absolute atomic E-state index is 15.6. The van der Waals surface area contributed by atoms with Gasteiger partial charge in [0.2, 0.25) is 10.0 Å². The number of benzene rings is 1. The first-order chi connectivity index (χ1) is 12.1. The van der Waals surface area contributed by atoms with E-state index in [1.807, 2.05) is 0 Å². The lowest BCUT2D eigenvalue weighted by atomic mass is 9.70. The average Bonchev–Trinajstić information content (AvgIpc) is 2.53. The number of phenols is 2. The molecule has 1 saturated carbocycles. The number of halogens is 2. The molecule has 0 aromatic heterocycles. The number of hydrogen-bond acceptors (Lipinski definition) is 4. The van der Waals surface area contributed by atoms with E-state index in [-0.39, 0.29) is 17.4 Å². The molecule has 0 spiro atoms. The second-order valence-corrected chi connectivity index (χ2v) is 8.70. The number of primary sulfonamides is 1. The highest BCUT2D eigenvalue weighted by molar-refractivity contribution is 7.90. The summed E-state index contributed by atoms with van der Waals surface area (Å²) >= 11 is 0. The molecule has 3 rings (SSSR count). The van der Waals surface area contributed by atoms with Crippen molar-refractivity contribution in [2.75, 3.05) is 0 Å². The number of allylic oxidation sites excluding steroid dienone is 3. The molecule has 8 heteroatoms. The van der Waals surface area contributed by atoms with Crippen molar-refractivity contribution in [2.45, 2.75) is 42.5 Å². The zero-order chi connectivity index (χ0) is 19.1. The highest BCUT2D eigenvalue weighted by Gasteiger charge is 2.51. The number of sulfonamides is 1. The van der Waals surface area contributed by atoms with Gasteiger partial charge in [-0.25, -0.2) is 22.3 Å². The Bertz CT molecular complexity index is 860. The zero-order valence-electron chi connectivity index (χ0n) is 14.0. The average molecular weight is 385 g/mol. The number of rotatable bonds is 3. The van der Waals surface area contributed by atoms with Crippen LogP contribution in [0.2, 0.25) is 0 Å². The van der Waals surface area contributed by atoms with Gasteiger partial charge in [-0.3, -0.25) is 0 Å². The highest BCUT2D eigenvalue weighted by Crippen LogP contribution is 2.48. The van der Waals surface area contributed by atoms with E-state index in [9.17, 15) is 23.0 Å². The van der Waals surface area contributed by atoms with Crippen LogP contribution < -0.4 is 5.14 Å². The Labute approximate surface area is 150 Å². The number of hydrogen-bond donors (Lipinski definition) is 3. The predicted molar refractivity (Wildman–Crippen MR) is 93.5 cm³/mol. The number of alkyl halides is 1. The molecule has 0 bridgehead atoms. The Morgan fingerprint density at radius 3 is 2.38 bits per heavy atom. The molecule has 2 atom stereocenters. The molecule has 0 radical (unpaired) electrons. The Morgan fingerprint density at radius 2 is 1.81 bits per heavy atom. The van der Waals surface area contributed by atoms with E-state index < -0.39 is 32.7 Å². The lowest BCUT2D eigenvalue weighted by Crippen LogP contribution is -2.50. The Kier molecular flexibility index (Phi) is 4.83. The summed E-state index contributed by atoms with van der Waals surface area (Å²) in [6.07, 6.45) is 4.29. The van der Waals surface area contributed by atoms with Crippen LogP contribution in [0.1, 0.15) is 37.2 Å². The second-order valence-electron chi connectivity index (χ2n) is 7.02. The highest BCUT2D eigenvalue weighted by atomic mass is 32.2. The van der Waals surface area contributed by atoms with Crippen LogP contribution in [0.25, 0.3) is 0 Å². The fourth-order valence-electron chi connectivity index (χ4n) is 4.10. The van der Waals surface area contributed by atoms with Crippen LogP contribution in [0.4, 0.5) is 8.78 Å². The number of aromatic hydroxyl groups is 2. The van der Waals surface area contributed by atoms with E-state index >= 15 is 4.39 Å². The van der Waals surface area contributed by atoms with Crippen LogP contribution in [0.15, 0.2) is 42.3 Å². The van der Waals surface area contributed by atoms with E-state index in [4.69, 9.17) is 5.14 Å². The summed E-state index contributed by atoms with van der Waals surface area (Å²) < 4.78 is 52.9. The molecule has 1 fully saturated rings. The van der Waals surface area contributed by atoms with Gasteiger partial charge < -0.3 is 10.2 Å². The standard InChI is InChI=1S/C18H21F2NO4S/c19-13-5-8-17(26(21,24)25)18(20,10-13)12-3-1-11(2-4-12)15-7-6-14(22)9-16(15)23/h5-12,17,22-23H,1-4H2,(H2,21,24,25). The van der Waals surface area contributed by atoms with Crippen LogP contribution >= 0.6 is 0 Å². The smallest absolute Gasteiger partial charge is 0.219 e. The van der Waals surface area contributed by atoms with Gasteiger partial charge in [-0.2, -0.15) is 0 Å². The van der Waals surface area contributed by atoms with Gasteiger partial charge in [0, 0.05) is 6.07 Å². The summed E-state index contributed by atoms with van der Waals surface area (Å²) in [5, 5.41) is 22.9. The van der Waals surface area contributed by atoms with Crippen LogP contribution in [0.3, 0.4) is 0 Å². The van der Waals surface area contributed by atoms with Crippen LogP contribution in [0.5, 0.6) is 11.5 Å². The fourth-order valence-corrected chi connectivity index (χ4v) is 5.17. The molecule has 1 aromatic rings. The van der Waals surface area contributed by atoms with Gasteiger partial charge in [-0.1, -0.05) is 12.1 Å². The van der Waals surface area contributed by atoms with Crippen molar-refractivity contribution in [1.29, 1.82) is 0 Å². The van der Waals surface area contributed by atoms with Crippen LogP contribution in [-0.2, 0) is 10.0 Å². The lowest BCUT2D eigenvalue weighted by Gasteiger charge is -2.40. The van der Waals surface area contributed by atoms with Gasteiger partial charge in [0.05, 0.1) is 0 Å². The molecule has 4 N–H and O–H groups in total. The van der Waals surface area contributed by atoms with Gasteiger partial charge in [0.25, 0.3) is 0 Å². The minimum absolute atomic E-state index is 0.0302. The maximum atomic E-state index is 15.6. The van der Waals surface area contributed by atoms with Crippen molar-refractivity contribution in [3.8, 4) is 11.5 Å². The predicted octanol–water partition coefficient (Wildman–Crippen LogP) is 3.16. The first-order valence-electron chi connectivity index (χ1n) is 8.40. The first-order valence-corrected chi connectivity index (χ1v) is 10.0. The number of phenolic OH excluding ortho intramolecular Hbond substituents is 2. The summed E-state index contributed by atoms with van der Waals surface area (Å²) in [4.78, 5) is 0. The third-order valence-electron chi connectivity index (χ3n) is 5.39. The molecule has 5 nitrogen and oxygen atoms in total. The maximum Gasteiger partial charge on any atom is 0.219 e. The molecule has 0 aliphatic heterocycles. The monoisotopic (exact) mass is 385 g/mol. The molecule has 2 unspecified atom stereocenters. The first kappa shape index (κ1) is 18.8. The minimum atomic E-state index is -4.22. The Balaban J connectivity index is 1.81. The third-order valence-corrected chi connectivity index (χ3v) is 6.61. The van der Waals surface area contributed by atoms with Gasteiger partial charge in [-0.05, 0) is 61.3 Å². The van der Waals surface area contributed by atoms with E-state index in [0.29, 0.717) is 31.2 Å². The van der Waals surface area contributed by atoms with Gasteiger partial charge in [0.15, 0.2) is 5.67 Å². The largest absolute Gasteiger partial charge is 0.508 e. The molecule has 26 heavy (non-hydrogen) atoms. The summed E-state index contributed by atoms with van der Waals surface area (Å²) in [6.45, 7) is 0. The molecule has 0 amide bonds. The van der Waals surface area contributed by atoms with Crippen molar-refractivity contribution in [3.05, 3.63) is 47.8 Å². The van der Waals surface area contributed by atoms with E-state index in [2.05, 4.69) is 0 Å². The molecule has 0 heterocycles. The second kappa shape index (κ2) is 6.66. The summed E-state index contributed by atoms with van der Waals surface area (Å²) in [5.41, 5.74) is -1.74. The third kappa shape index (κ3) is 3.48. The van der Waals surface area contributed by atoms with Crippen LogP contribution in [0, 0.1) is 5.92 Å². The summed E-state index contributed by atoms with van der Waals surface area (Å²) in [5.74, 6) is -1.63. The minimum Gasteiger partial charge on any atom is -0.508 e. The topological polar surface area (TPSA) is 101 Å². The van der Waals surface area contributed by atoms with Gasteiger partial charge in [0.1, 0.15) is 22.6 Å². The fraction of sp³-hybridized carbons (Fsp3) is 0.444. The Hall–Kier alpha value is -1.93. The van der Waals surface area contributed by atoms with E-state index in [1.165, 1.54) is 12.1 Å². The van der Waals surface area contributed by atoms with Crippen molar-refractivity contribution >= 4 is 10.0 Å². The van der Waals surface area contributed by atoms with Crippen molar-refractivity contribution in [2.24, 2.45) is 11.1 Å². The van der Waals surface area contributed by atoms with Crippen molar-refractivity contribution in [1.82, 2.24) is 0 Å². The Morgan fingerprint density at radius 1 is 1.15 bits per heavy atom. The zero-order valence-corrected chi connectivity index (χ0v) is 14.8. The van der Waals surface area contributed by atoms with Gasteiger partial charge >= 0.3 is 0 Å². The molecule has 0 saturated heterocycles. The van der Waals surface area contributed by atoms with Crippen molar-refractivity contribution in [3.63, 3.8) is 0 Å². The molecular formula is C18H21F2NO4S. The van der Waals surface area contributed by atoms with Crippen molar-refractivity contribution < 1.29 is 27.4 Å². The normalized spacial score (nSPS) is 32.3. The molecule has 2 aliphatic rings. The number of nitrogens with two attached hydrogens (primary N) is 1. The SMILES string of the molecule is NS(=O)(=O)C1C=CC(F)=CC1(F)C1CCC(c2ccc(O)cc2O)CC1. The molecular weight excluding hydrogens is 364 g/mol. The van der Waals surface area contributed by atoms with Gasteiger partial charge in [-0.15, -0.1) is 0 Å². The lowest BCUT2D eigenvalue weighted by molar-refractivity contribution is 0.100. The summed E-state index contributed by atoms with van der Waals surface area (Å²) in [6, 6.07) is 4.34. The molecule has 1 aromatic carbocycles. The van der Waals surface area contributed by atoms with E-state index in [1.54, 1.807) is 6.07 Å². The van der Waals surface area contributed by atoms with Crippen LogP contribution in [-0.4, -0.2) is 29.5 Å². The molecule has 142 valence electrons.